The summed E-state index contributed by atoms with van der Waals surface area (Å²) in [6.45, 7) is 0. The molecule has 2 aromatic carbocycles. The molecule has 3 aromatic rings. The normalized spacial score (nSPS) is 11.5. The number of carbonyl (C=O) groups excluding carboxylic acids is 1. The van der Waals surface area contributed by atoms with Crippen LogP contribution in [-0.2, 0) is 17.4 Å². The minimum Gasteiger partial charge on any atom is -0.413 e. The van der Waals surface area contributed by atoms with E-state index in [-0.39, 0.29) is 23.4 Å². The zero-order chi connectivity index (χ0) is 20.3. The summed E-state index contributed by atoms with van der Waals surface area (Å²) in [5.74, 6) is -2.80. The molecule has 0 aliphatic carbocycles. The average molecular weight is 412 g/mol. The van der Waals surface area contributed by atoms with Gasteiger partial charge in [0.25, 0.3) is 0 Å². The topological polar surface area (TPSA) is 94.0 Å². The molecule has 0 bridgehead atoms. The number of nitrogens with zero attached hydrogens (tertiary/aromatic N) is 2. The Hall–Kier alpha value is -2.92. The lowest BCUT2D eigenvalue weighted by atomic mass is 10.1. The van der Waals surface area contributed by atoms with E-state index in [4.69, 9.17) is 5.14 Å². The molecule has 11 heteroatoms. The third kappa shape index (κ3) is 4.49. The smallest absolute Gasteiger partial charge is 0.413 e. The van der Waals surface area contributed by atoms with E-state index in [2.05, 4.69) is 19.9 Å². The number of aromatic nitrogens is 2. The summed E-state index contributed by atoms with van der Waals surface area (Å²) in [6, 6.07) is 10.1. The molecule has 0 atom stereocenters. The van der Waals surface area contributed by atoms with Gasteiger partial charge in [0.15, 0.2) is 0 Å². The monoisotopic (exact) mass is 412 g/mol. The van der Waals surface area contributed by atoms with Crippen molar-refractivity contribution in [3.8, 4) is 11.5 Å². The minimum atomic E-state index is -4.76. The molecule has 1 heterocycles. The van der Waals surface area contributed by atoms with Gasteiger partial charge in [0.05, 0.1) is 12.0 Å². The predicted octanol–water partition coefficient (Wildman–Crippen LogP) is 4.04. The van der Waals surface area contributed by atoms with Crippen LogP contribution in [0.15, 0.2) is 51.8 Å². The van der Waals surface area contributed by atoms with Gasteiger partial charge in [0.2, 0.25) is 11.8 Å². The summed E-state index contributed by atoms with van der Waals surface area (Å²) in [4.78, 5) is 12.4. The lowest BCUT2D eigenvalue weighted by Crippen LogP contribution is -2.15. The van der Waals surface area contributed by atoms with Crippen LogP contribution in [0.2, 0.25) is 0 Å². The number of nitrogens with two attached hydrogens (primary N) is 1. The molecule has 0 aliphatic heterocycles. The third-order valence-corrected chi connectivity index (χ3v) is 4.19. The van der Waals surface area contributed by atoms with E-state index in [0.717, 1.165) is 11.9 Å². The Balaban J connectivity index is 1.78. The first-order valence-electron chi connectivity index (χ1n) is 7.73. The lowest BCUT2D eigenvalue weighted by molar-refractivity contribution is -0.157. The molecular weight excluding hydrogens is 400 g/mol. The van der Waals surface area contributed by atoms with Gasteiger partial charge in [0.1, 0.15) is 5.82 Å². The maximum atomic E-state index is 13.6. The van der Waals surface area contributed by atoms with Crippen LogP contribution in [0.5, 0.6) is 0 Å². The van der Waals surface area contributed by atoms with E-state index < -0.39 is 23.8 Å². The summed E-state index contributed by atoms with van der Waals surface area (Å²) >= 11 is 0.734. The number of nitrogens with one attached hydrogen (secondary N) is 1. The summed E-state index contributed by atoms with van der Waals surface area (Å²) < 4.78 is 56.1. The van der Waals surface area contributed by atoms with Crippen LogP contribution in [0.25, 0.3) is 11.5 Å². The number of rotatable bonds is 5. The molecule has 0 saturated heterocycles. The van der Waals surface area contributed by atoms with Crippen LogP contribution in [0.1, 0.15) is 11.5 Å². The van der Waals surface area contributed by atoms with Crippen LogP contribution in [0.4, 0.5) is 23.2 Å². The Labute approximate surface area is 160 Å². The van der Waals surface area contributed by atoms with Gasteiger partial charge >= 0.3 is 12.1 Å². The molecular formula is C17H12F4N4O2S. The van der Waals surface area contributed by atoms with Crippen molar-refractivity contribution in [2.24, 2.45) is 5.14 Å². The fourth-order valence-corrected chi connectivity index (χ4v) is 2.82. The second-order valence-corrected chi connectivity index (χ2v) is 6.23. The van der Waals surface area contributed by atoms with Gasteiger partial charge in [-0.05, 0) is 41.8 Å². The van der Waals surface area contributed by atoms with E-state index >= 15 is 0 Å². The average Bonchev–Trinajstić information content (AvgIpc) is 3.14. The molecule has 3 N–H and O–H groups in total. The summed E-state index contributed by atoms with van der Waals surface area (Å²) in [5.41, 5.74) is 0.742. The van der Waals surface area contributed by atoms with Crippen molar-refractivity contribution in [3.63, 3.8) is 0 Å². The molecule has 1 aromatic heterocycles. The Morgan fingerprint density at radius 1 is 1.18 bits per heavy atom. The number of hydrogen-bond acceptors (Lipinski definition) is 6. The summed E-state index contributed by atoms with van der Waals surface area (Å²) in [5, 5.41) is 14.5. The van der Waals surface area contributed by atoms with E-state index in [1.54, 1.807) is 6.07 Å². The van der Waals surface area contributed by atoms with Crippen molar-refractivity contribution in [2.45, 2.75) is 17.5 Å². The van der Waals surface area contributed by atoms with E-state index in [9.17, 15) is 22.4 Å². The van der Waals surface area contributed by atoms with Crippen molar-refractivity contribution in [3.05, 3.63) is 59.7 Å². The van der Waals surface area contributed by atoms with Crippen LogP contribution in [-0.4, -0.2) is 16.1 Å². The first kappa shape index (κ1) is 19.8. The fraction of sp³-hybridized carbons (Fsp3) is 0.118. The quantitative estimate of drug-likeness (QED) is 0.485. The van der Waals surface area contributed by atoms with Gasteiger partial charge in [0, 0.05) is 10.6 Å². The van der Waals surface area contributed by atoms with Crippen molar-refractivity contribution in [2.75, 3.05) is 5.32 Å². The molecule has 3 rings (SSSR count). The highest BCUT2D eigenvalue weighted by molar-refractivity contribution is 7.97. The SMILES string of the molecule is NSc1cc(NC(=O)Cc2ccccc2F)ccc1-c1nnc(C(F)(F)F)o1. The highest BCUT2D eigenvalue weighted by atomic mass is 32.2. The first-order valence-corrected chi connectivity index (χ1v) is 8.61. The molecule has 0 unspecified atom stereocenters. The van der Waals surface area contributed by atoms with E-state index in [1.807, 2.05) is 0 Å². The van der Waals surface area contributed by atoms with Crippen LogP contribution in [0.3, 0.4) is 0 Å². The molecule has 0 radical (unpaired) electrons. The summed E-state index contributed by atoms with van der Waals surface area (Å²) in [7, 11) is 0. The summed E-state index contributed by atoms with van der Waals surface area (Å²) in [6.07, 6.45) is -4.94. The van der Waals surface area contributed by atoms with Crippen LogP contribution < -0.4 is 10.5 Å². The molecule has 0 spiro atoms. The number of halogens is 4. The second-order valence-electron chi connectivity index (χ2n) is 5.56. The number of benzene rings is 2. The van der Waals surface area contributed by atoms with Crippen molar-refractivity contribution >= 4 is 23.5 Å². The van der Waals surface area contributed by atoms with Gasteiger partial charge in [-0.3, -0.25) is 9.93 Å². The largest absolute Gasteiger partial charge is 0.470 e. The molecule has 6 nitrogen and oxygen atoms in total. The molecule has 0 saturated carbocycles. The fourth-order valence-electron chi connectivity index (χ4n) is 2.34. The van der Waals surface area contributed by atoms with Gasteiger partial charge in [-0.15, -0.1) is 10.2 Å². The van der Waals surface area contributed by atoms with Crippen LogP contribution >= 0.6 is 11.9 Å². The second kappa shape index (κ2) is 7.98. The van der Waals surface area contributed by atoms with E-state index in [0.29, 0.717) is 10.6 Å². The molecule has 0 fully saturated rings. The van der Waals surface area contributed by atoms with Gasteiger partial charge in [-0.1, -0.05) is 18.2 Å². The molecule has 28 heavy (non-hydrogen) atoms. The Morgan fingerprint density at radius 2 is 1.93 bits per heavy atom. The van der Waals surface area contributed by atoms with Crippen molar-refractivity contribution in [1.29, 1.82) is 0 Å². The number of alkyl halides is 3. The van der Waals surface area contributed by atoms with Gasteiger partial charge in [-0.25, -0.2) is 4.39 Å². The van der Waals surface area contributed by atoms with Crippen molar-refractivity contribution < 1.29 is 26.8 Å². The standard InChI is InChI=1S/C17H12F4N4O2S/c18-12-4-2-1-3-9(12)7-14(26)23-10-5-6-11(13(8-10)28-22)15-24-25-16(27-15)17(19,20)21/h1-6,8H,7,22H2,(H,23,26). The predicted molar refractivity (Wildman–Crippen MR) is 93.5 cm³/mol. The van der Waals surface area contributed by atoms with Crippen LogP contribution in [0, 0.1) is 5.82 Å². The maximum absolute atomic E-state index is 13.6. The molecule has 146 valence electrons. The zero-order valence-corrected chi connectivity index (χ0v) is 14.8. The number of amides is 1. The highest BCUT2D eigenvalue weighted by Crippen LogP contribution is 2.34. The zero-order valence-electron chi connectivity index (χ0n) is 14.0. The highest BCUT2D eigenvalue weighted by Gasteiger charge is 2.38. The number of carbonyl (C=O) groups is 1. The molecule has 0 aliphatic rings. The Morgan fingerprint density at radius 3 is 2.57 bits per heavy atom. The minimum absolute atomic E-state index is 0.182. The maximum Gasteiger partial charge on any atom is 0.470 e. The number of anilines is 1. The lowest BCUT2D eigenvalue weighted by Gasteiger charge is -2.09. The van der Waals surface area contributed by atoms with Gasteiger partial charge in [-0.2, -0.15) is 13.2 Å². The van der Waals surface area contributed by atoms with Gasteiger partial charge < -0.3 is 9.73 Å². The number of hydrogen-bond donors (Lipinski definition) is 2. The third-order valence-electron chi connectivity index (χ3n) is 3.60. The Bertz CT molecular complexity index is 1010. The molecule has 1 amide bonds. The Kier molecular flexibility index (Phi) is 5.66. The van der Waals surface area contributed by atoms with E-state index in [1.165, 1.54) is 36.4 Å². The first-order chi connectivity index (χ1) is 13.3. The van der Waals surface area contributed by atoms with Crippen molar-refractivity contribution in [1.82, 2.24) is 10.2 Å².